The van der Waals surface area contributed by atoms with E-state index in [4.69, 9.17) is 21.1 Å². The number of nitrogens with zero attached hydrogens (tertiary/aromatic N) is 3. The first-order chi connectivity index (χ1) is 22.0. The van der Waals surface area contributed by atoms with Gasteiger partial charge in [-0.05, 0) is 75.4 Å². The van der Waals surface area contributed by atoms with Gasteiger partial charge in [-0.15, -0.1) is 13.2 Å². The molecule has 3 heterocycles. The molecule has 3 fully saturated rings. The van der Waals surface area contributed by atoms with Crippen LogP contribution in [0.1, 0.15) is 39.2 Å². The lowest BCUT2D eigenvalue weighted by molar-refractivity contribution is -0.146. The van der Waals surface area contributed by atoms with E-state index in [1.165, 1.54) is 4.90 Å². The molecule has 0 radical (unpaired) electrons. The number of rotatable bonds is 13. The van der Waals surface area contributed by atoms with Gasteiger partial charge in [0.05, 0.1) is 34.8 Å². The van der Waals surface area contributed by atoms with E-state index < -0.39 is 29.1 Å². The molecule has 9 nitrogen and oxygen atoms in total. The van der Waals surface area contributed by atoms with Crippen molar-refractivity contribution in [1.29, 1.82) is 0 Å². The van der Waals surface area contributed by atoms with Crippen molar-refractivity contribution in [2.45, 2.75) is 57.8 Å². The number of ether oxygens (including phenoxy) is 2. The van der Waals surface area contributed by atoms with Gasteiger partial charge in [-0.2, -0.15) is 0 Å². The van der Waals surface area contributed by atoms with E-state index in [1.54, 1.807) is 28.0 Å². The zero-order valence-electron chi connectivity index (χ0n) is 27.1. The van der Waals surface area contributed by atoms with Crippen LogP contribution in [-0.2, 0) is 19.1 Å². The molecule has 246 valence electrons. The molecule has 0 aliphatic carbocycles. The van der Waals surface area contributed by atoms with Crippen LogP contribution in [0.25, 0.3) is 0 Å². The van der Waals surface area contributed by atoms with E-state index in [0.717, 1.165) is 5.56 Å². The summed E-state index contributed by atoms with van der Waals surface area (Å²) in [6.07, 6.45) is 3.96. The fraction of sp³-hybridized carbons (Fsp3) is 0.472. The van der Waals surface area contributed by atoms with Crippen LogP contribution in [0.2, 0.25) is 5.02 Å². The highest BCUT2D eigenvalue weighted by Gasteiger charge is 2.80. The van der Waals surface area contributed by atoms with Gasteiger partial charge in [0.25, 0.3) is 5.91 Å². The van der Waals surface area contributed by atoms with E-state index in [-0.39, 0.29) is 56.3 Å². The molecule has 5 rings (SSSR count). The number of hydrogen-bond donors (Lipinski definition) is 1. The summed E-state index contributed by atoms with van der Waals surface area (Å²) in [6.45, 7) is 16.3. The molecule has 2 aromatic rings. The minimum Gasteiger partial charge on any atom is -0.494 e. The molecule has 10 heteroatoms. The second kappa shape index (κ2) is 13.2. The van der Waals surface area contributed by atoms with Crippen LogP contribution >= 0.6 is 11.6 Å². The first kappa shape index (κ1) is 33.7. The normalized spacial score (nSPS) is 27.8. The van der Waals surface area contributed by atoms with Crippen molar-refractivity contribution in [2.75, 3.05) is 42.6 Å². The number of aryl methyl sites for hydroxylation is 1. The lowest BCUT2D eigenvalue weighted by atomic mass is 9.62. The van der Waals surface area contributed by atoms with Crippen LogP contribution in [0, 0.1) is 24.7 Å². The number of anilines is 2. The standard InChI is InChI=1S/C36H44ClN3O6/c1-7-18-38(25-14-16-26(17-15-25)45-9-3)32(42)28-29-33(43)40(20-11-21-41)31(36(29)22-24(5)35(28,6)46-36)34(44)39(19-8-2)30-23(4)12-10-13-27(30)37/h7-8,10,12-17,24,28-29,31,41H,1-2,9,11,18-22H2,3-6H3/t24?,28-,29+,31?,35+,36?/m1/s1. The van der Waals surface area contributed by atoms with Crippen molar-refractivity contribution in [2.24, 2.45) is 17.8 Å². The maximum Gasteiger partial charge on any atom is 0.253 e. The topological polar surface area (TPSA) is 99.6 Å². The predicted octanol–water partition coefficient (Wildman–Crippen LogP) is 5.18. The SMILES string of the molecule is C=CCN(C(=O)[C@H]1[C@H]2C(=O)N(CCCO)C(C(=O)N(CC=C)c3c(C)cccc3Cl)C23CC(C)[C@]1(C)O3)c1ccc(OCC)cc1. The highest BCUT2D eigenvalue weighted by atomic mass is 35.5. The molecular formula is C36H44ClN3O6. The molecule has 1 spiro atoms. The number of likely N-dealkylation sites (tertiary alicyclic amines) is 1. The van der Waals surface area contributed by atoms with Crippen LogP contribution in [0.4, 0.5) is 11.4 Å². The fourth-order valence-corrected chi connectivity index (χ4v) is 8.24. The zero-order valence-corrected chi connectivity index (χ0v) is 27.8. The van der Waals surface area contributed by atoms with E-state index in [9.17, 15) is 19.5 Å². The Balaban J connectivity index is 1.61. The molecule has 2 aromatic carbocycles. The van der Waals surface area contributed by atoms with Gasteiger partial charge in [0.15, 0.2) is 0 Å². The van der Waals surface area contributed by atoms with Crippen molar-refractivity contribution in [1.82, 2.24) is 4.90 Å². The van der Waals surface area contributed by atoms with E-state index in [0.29, 0.717) is 35.2 Å². The third-order valence-electron chi connectivity index (χ3n) is 9.94. The first-order valence-corrected chi connectivity index (χ1v) is 16.3. The molecule has 46 heavy (non-hydrogen) atoms. The lowest BCUT2D eigenvalue weighted by Gasteiger charge is -2.39. The van der Waals surface area contributed by atoms with Gasteiger partial charge < -0.3 is 29.3 Å². The highest BCUT2D eigenvalue weighted by molar-refractivity contribution is 6.34. The fourth-order valence-electron chi connectivity index (χ4n) is 7.92. The number of carbonyl (C=O) groups excluding carboxylic acids is 3. The Morgan fingerprint density at radius 1 is 1.13 bits per heavy atom. The summed E-state index contributed by atoms with van der Waals surface area (Å²) >= 11 is 6.67. The summed E-state index contributed by atoms with van der Waals surface area (Å²) in [5.74, 6) is -2.16. The Labute approximate surface area is 276 Å². The molecule has 2 bridgehead atoms. The van der Waals surface area contributed by atoms with Crippen LogP contribution in [0.15, 0.2) is 67.8 Å². The molecule has 1 N–H and O–H groups in total. The maximum absolute atomic E-state index is 14.9. The average Bonchev–Trinajstić information content (AvgIpc) is 3.54. The van der Waals surface area contributed by atoms with Crippen molar-refractivity contribution < 1.29 is 29.0 Å². The second-order valence-corrected chi connectivity index (χ2v) is 13.0. The van der Waals surface area contributed by atoms with Crippen LogP contribution in [-0.4, -0.2) is 77.8 Å². The molecule has 3 saturated heterocycles. The van der Waals surface area contributed by atoms with Crippen LogP contribution < -0.4 is 14.5 Å². The predicted molar refractivity (Wildman–Crippen MR) is 179 cm³/mol. The largest absolute Gasteiger partial charge is 0.494 e. The van der Waals surface area contributed by atoms with Gasteiger partial charge in [0.2, 0.25) is 11.8 Å². The minimum absolute atomic E-state index is 0.137. The summed E-state index contributed by atoms with van der Waals surface area (Å²) < 4.78 is 12.5. The summed E-state index contributed by atoms with van der Waals surface area (Å²) in [5.41, 5.74) is -0.291. The number of aliphatic hydroxyl groups is 1. The molecule has 0 saturated carbocycles. The Bertz CT molecular complexity index is 1490. The van der Waals surface area contributed by atoms with Gasteiger partial charge >= 0.3 is 0 Å². The Hall–Kier alpha value is -3.66. The molecule has 3 aliphatic heterocycles. The van der Waals surface area contributed by atoms with Gasteiger partial charge in [0, 0.05) is 31.9 Å². The summed E-state index contributed by atoms with van der Waals surface area (Å²) in [4.78, 5) is 48.9. The number of benzene rings is 2. The lowest BCUT2D eigenvalue weighted by Crippen LogP contribution is -2.57. The third kappa shape index (κ3) is 5.32. The Morgan fingerprint density at radius 3 is 2.41 bits per heavy atom. The number of fused-ring (bicyclic) bond motifs is 1. The summed E-state index contributed by atoms with van der Waals surface area (Å²) in [5, 5.41) is 10.2. The average molecular weight is 650 g/mol. The number of hydrogen-bond acceptors (Lipinski definition) is 6. The quantitative estimate of drug-likeness (QED) is 0.300. The summed E-state index contributed by atoms with van der Waals surface area (Å²) in [6, 6.07) is 11.6. The maximum atomic E-state index is 14.9. The van der Waals surface area contributed by atoms with E-state index in [2.05, 4.69) is 13.2 Å². The molecule has 3 amide bonds. The van der Waals surface area contributed by atoms with Crippen LogP contribution in [0.5, 0.6) is 5.75 Å². The monoisotopic (exact) mass is 649 g/mol. The Morgan fingerprint density at radius 2 is 1.80 bits per heavy atom. The molecule has 6 atom stereocenters. The van der Waals surface area contributed by atoms with Crippen molar-refractivity contribution >= 4 is 40.7 Å². The van der Waals surface area contributed by atoms with Crippen LogP contribution in [0.3, 0.4) is 0 Å². The number of carbonyl (C=O) groups is 3. The third-order valence-corrected chi connectivity index (χ3v) is 10.2. The van der Waals surface area contributed by atoms with Gasteiger partial charge in [0.1, 0.15) is 17.4 Å². The highest BCUT2D eigenvalue weighted by Crippen LogP contribution is 2.65. The van der Waals surface area contributed by atoms with Gasteiger partial charge in [-0.1, -0.05) is 42.8 Å². The van der Waals surface area contributed by atoms with Crippen molar-refractivity contribution in [3.63, 3.8) is 0 Å². The Kier molecular flexibility index (Phi) is 9.68. The summed E-state index contributed by atoms with van der Waals surface area (Å²) in [7, 11) is 0. The number of aliphatic hydroxyl groups excluding tert-OH is 1. The van der Waals surface area contributed by atoms with Crippen molar-refractivity contribution in [3.05, 3.63) is 78.4 Å². The van der Waals surface area contributed by atoms with E-state index >= 15 is 0 Å². The molecular weight excluding hydrogens is 606 g/mol. The molecule has 3 aliphatic rings. The van der Waals surface area contributed by atoms with Crippen molar-refractivity contribution in [3.8, 4) is 5.75 Å². The second-order valence-electron chi connectivity index (χ2n) is 12.6. The molecule has 0 aromatic heterocycles. The number of para-hydroxylation sites is 1. The van der Waals surface area contributed by atoms with E-state index in [1.807, 2.05) is 64.1 Å². The molecule has 3 unspecified atom stereocenters. The number of amides is 3. The minimum atomic E-state index is -1.26. The van der Waals surface area contributed by atoms with Gasteiger partial charge in [-0.3, -0.25) is 14.4 Å². The first-order valence-electron chi connectivity index (χ1n) is 15.9. The smallest absolute Gasteiger partial charge is 0.253 e. The number of halogens is 1. The van der Waals surface area contributed by atoms with Gasteiger partial charge in [-0.25, -0.2) is 0 Å². The zero-order chi connectivity index (χ0) is 33.4.